The van der Waals surface area contributed by atoms with Gasteiger partial charge in [0.05, 0.1) is 17.4 Å². The van der Waals surface area contributed by atoms with Crippen LogP contribution < -0.4 is 10.2 Å². The highest BCUT2D eigenvalue weighted by Crippen LogP contribution is 2.39. The Balaban J connectivity index is 1.67. The molecule has 2 aromatic carbocycles. The Morgan fingerprint density at radius 1 is 1.19 bits per heavy atom. The van der Waals surface area contributed by atoms with Crippen LogP contribution in [0.1, 0.15) is 67.7 Å². The second kappa shape index (κ2) is 10.9. The van der Waals surface area contributed by atoms with Gasteiger partial charge in [-0.25, -0.2) is 0 Å². The van der Waals surface area contributed by atoms with Gasteiger partial charge in [0.2, 0.25) is 11.8 Å². The quantitative estimate of drug-likeness (QED) is 0.503. The zero-order valence-corrected chi connectivity index (χ0v) is 20.3. The van der Waals surface area contributed by atoms with E-state index in [4.69, 9.17) is 0 Å². The molecule has 2 aromatic rings. The predicted molar refractivity (Wildman–Crippen MR) is 134 cm³/mol. The normalized spacial score (nSPS) is 18.9. The number of hydrogen-bond acceptors (Lipinski definition) is 3. The first-order valence-electron chi connectivity index (χ1n) is 12.5. The SMILES string of the molecule is CCCCC(=O)N1CCCC(=CC(=O)Nc2cccc3c2CC(O)CC3)c2ccc(C(F)(F)F)cc21. The summed E-state index contributed by atoms with van der Waals surface area (Å²) in [7, 11) is 0. The van der Waals surface area contributed by atoms with Crippen LogP contribution in [0, 0.1) is 0 Å². The third kappa shape index (κ3) is 5.81. The maximum Gasteiger partial charge on any atom is 0.416 e. The van der Waals surface area contributed by atoms with Crippen LogP contribution in [-0.4, -0.2) is 29.6 Å². The van der Waals surface area contributed by atoms with Crippen LogP contribution in [0.15, 0.2) is 42.5 Å². The topological polar surface area (TPSA) is 69.6 Å². The number of rotatable bonds is 5. The number of aliphatic hydroxyl groups excluding tert-OH is 1. The smallest absolute Gasteiger partial charge is 0.393 e. The third-order valence-electron chi connectivity index (χ3n) is 6.86. The van der Waals surface area contributed by atoms with Crippen molar-refractivity contribution in [3.05, 3.63) is 64.7 Å². The van der Waals surface area contributed by atoms with E-state index in [1.165, 1.54) is 17.0 Å². The molecule has 1 aliphatic carbocycles. The summed E-state index contributed by atoms with van der Waals surface area (Å²) in [4.78, 5) is 27.4. The van der Waals surface area contributed by atoms with Crippen molar-refractivity contribution in [2.45, 2.75) is 70.6 Å². The summed E-state index contributed by atoms with van der Waals surface area (Å²) in [5, 5.41) is 13.0. The second-order valence-corrected chi connectivity index (χ2v) is 9.48. The maximum atomic E-state index is 13.5. The summed E-state index contributed by atoms with van der Waals surface area (Å²) in [5.41, 5.74) is 3.05. The molecule has 36 heavy (non-hydrogen) atoms. The van der Waals surface area contributed by atoms with Crippen LogP contribution in [0.3, 0.4) is 0 Å². The van der Waals surface area contributed by atoms with Gasteiger partial charge >= 0.3 is 6.18 Å². The van der Waals surface area contributed by atoms with Crippen molar-refractivity contribution in [3.63, 3.8) is 0 Å². The minimum absolute atomic E-state index is 0.197. The molecule has 5 nitrogen and oxygen atoms in total. The van der Waals surface area contributed by atoms with Crippen LogP contribution >= 0.6 is 0 Å². The molecule has 192 valence electrons. The number of hydrogen-bond donors (Lipinski definition) is 2. The molecule has 1 unspecified atom stereocenters. The molecule has 1 heterocycles. The molecular formula is C28H31F3N2O3. The van der Waals surface area contributed by atoms with Crippen molar-refractivity contribution >= 4 is 28.8 Å². The average Bonchev–Trinajstić information content (AvgIpc) is 3.01. The number of anilines is 2. The number of allylic oxidation sites excluding steroid dienone is 1. The van der Waals surface area contributed by atoms with E-state index in [0.29, 0.717) is 55.5 Å². The molecule has 2 N–H and O–H groups in total. The Morgan fingerprint density at radius 2 is 2.00 bits per heavy atom. The van der Waals surface area contributed by atoms with Crippen molar-refractivity contribution < 1.29 is 27.9 Å². The van der Waals surface area contributed by atoms with Gasteiger partial charge < -0.3 is 15.3 Å². The molecular weight excluding hydrogens is 469 g/mol. The van der Waals surface area contributed by atoms with E-state index in [-0.39, 0.29) is 18.0 Å². The van der Waals surface area contributed by atoms with E-state index < -0.39 is 23.8 Å². The number of nitrogens with zero attached hydrogens (tertiary/aromatic N) is 1. The highest BCUT2D eigenvalue weighted by molar-refractivity contribution is 6.06. The number of carbonyl (C=O) groups excluding carboxylic acids is 2. The van der Waals surface area contributed by atoms with Crippen LogP contribution in [0.2, 0.25) is 0 Å². The number of alkyl halides is 3. The van der Waals surface area contributed by atoms with E-state index in [0.717, 1.165) is 36.1 Å². The Labute approximate surface area is 209 Å². The summed E-state index contributed by atoms with van der Waals surface area (Å²) in [5.74, 6) is -0.604. The van der Waals surface area contributed by atoms with Crippen LogP contribution in [0.4, 0.5) is 24.5 Å². The second-order valence-electron chi connectivity index (χ2n) is 9.48. The fraction of sp³-hybridized carbons (Fsp3) is 0.429. The van der Waals surface area contributed by atoms with Crippen molar-refractivity contribution in [2.24, 2.45) is 0 Å². The minimum Gasteiger partial charge on any atom is -0.393 e. The van der Waals surface area contributed by atoms with E-state index in [9.17, 15) is 27.9 Å². The average molecular weight is 501 g/mol. The largest absolute Gasteiger partial charge is 0.416 e. The van der Waals surface area contributed by atoms with E-state index >= 15 is 0 Å². The molecule has 0 aromatic heterocycles. The van der Waals surface area contributed by atoms with Gasteiger partial charge in [0.1, 0.15) is 0 Å². The molecule has 4 rings (SSSR count). The number of nitrogens with one attached hydrogen (secondary N) is 1. The summed E-state index contributed by atoms with van der Waals surface area (Å²) in [6.07, 6.45) is 0.998. The number of unbranched alkanes of at least 4 members (excludes halogenated alkanes) is 1. The van der Waals surface area contributed by atoms with E-state index in [1.54, 1.807) is 6.07 Å². The zero-order valence-electron chi connectivity index (χ0n) is 20.3. The number of benzene rings is 2. The monoisotopic (exact) mass is 500 g/mol. The van der Waals surface area contributed by atoms with Gasteiger partial charge in [-0.3, -0.25) is 9.59 Å². The Kier molecular flexibility index (Phi) is 7.83. The number of halogens is 3. The first kappa shape index (κ1) is 25.9. The van der Waals surface area contributed by atoms with Crippen molar-refractivity contribution in [1.82, 2.24) is 0 Å². The first-order chi connectivity index (χ1) is 17.2. The summed E-state index contributed by atoms with van der Waals surface area (Å²) < 4.78 is 40.5. The third-order valence-corrected chi connectivity index (χ3v) is 6.86. The van der Waals surface area contributed by atoms with Gasteiger partial charge in [0.15, 0.2) is 0 Å². The predicted octanol–water partition coefficient (Wildman–Crippen LogP) is 5.89. The molecule has 2 amide bonds. The lowest BCUT2D eigenvalue weighted by atomic mass is 9.88. The van der Waals surface area contributed by atoms with Gasteiger partial charge in [-0.15, -0.1) is 0 Å². The summed E-state index contributed by atoms with van der Waals surface area (Å²) in [6, 6.07) is 9.02. The Bertz CT molecular complexity index is 1170. The minimum atomic E-state index is -4.54. The number of amides is 2. The Hall–Kier alpha value is -3.13. The van der Waals surface area contributed by atoms with Gasteiger partial charge in [-0.2, -0.15) is 13.2 Å². The molecule has 8 heteroatoms. The van der Waals surface area contributed by atoms with Crippen LogP contribution in [0.25, 0.3) is 5.57 Å². The number of aliphatic hydroxyl groups is 1. The highest BCUT2D eigenvalue weighted by Gasteiger charge is 2.33. The summed E-state index contributed by atoms with van der Waals surface area (Å²) in [6.45, 7) is 2.25. The number of aryl methyl sites for hydroxylation is 1. The Morgan fingerprint density at radius 3 is 2.75 bits per heavy atom. The van der Waals surface area contributed by atoms with Crippen molar-refractivity contribution in [1.29, 1.82) is 0 Å². The molecule has 0 saturated carbocycles. The van der Waals surface area contributed by atoms with Crippen molar-refractivity contribution in [2.75, 3.05) is 16.8 Å². The van der Waals surface area contributed by atoms with Gasteiger partial charge in [0.25, 0.3) is 0 Å². The summed E-state index contributed by atoms with van der Waals surface area (Å²) >= 11 is 0. The van der Waals surface area contributed by atoms with E-state index in [2.05, 4.69) is 5.32 Å². The molecule has 0 spiro atoms. The molecule has 1 aliphatic heterocycles. The lowest BCUT2D eigenvalue weighted by Crippen LogP contribution is -2.31. The standard InChI is InChI=1S/C28H31F3N2O3/c1-2-3-9-27(36)33-14-5-7-19(22-13-11-20(16-25(22)33)28(29,30)31)15-26(35)32-24-8-4-6-18-10-12-21(34)17-23(18)24/h4,6,8,11,13,15-16,21,34H,2-3,5,7,9-10,12,14,17H2,1H3,(H,32,35). The fourth-order valence-corrected chi connectivity index (χ4v) is 4.97. The van der Waals surface area contributed by atoms with Gasteiger partial charge in [-0.1, -0.05) is 31.5 Å². The molecule has 0 fully saturated rings. The maximum absolute atomic E-state index is 13.5. The van der Waals surface area contributed by atoms with Crippen LogP contribution in [0.5, 0.6) is 0 Å². The molecule has 1 atom stereocenters. The molecule has 0 bridgehead atoms. The van der Waals surface area contributed by atoms with Gasteiger partial charge in [0, 0.05) is 36.7 Å². The molecule has 0 radical (unpaired) electrons. The first-order valence-corrected chi connectivity index (χ1v) is 12.5. The van der Waals surface area contributed by atoms with Crippen molar-refractivity contribution in [3.8, 4) is 0 Å². The number of carbonyl (C=O) groups is 2. The fourth-order valence-electron chi connectivity index (χ4n) is 4.97. The van der Waals surface area contributed by atoms with Gasteiger partial charge in [-0.05, 0) is 67.0 Å². The molecule has 0 saturated heterocycles. The number of fused-ring (bicyclic) bond motifs is 2. The highest BCUT2D eigenvalue weighted by atomic mass is 19.4. The zero-order chi connectivity index (χ0) is 25.9. The molecule has 2 aliphatic rings. The van der Waals surface area contributed by atoms with Crippen LogP contribution in [-0.2, 0) is 28.6 Å². The lowest BCUT2D eigenvalue weighted by molar-refractivity contribution is -0.137. The lowest BCUT2D eigenvalue weighted by Gasteiger charge is -2.24. The van der Waals surface area contributed by atoms with E-state index in [1.807, 2.05) is 19.1 Å².